The van der Waals surface area contributed by atoms with Crippen molar-refractivity contribution in [2.24, 2.45) is 0 Å². The molecule has 5 rings (SSSR count). The molecular weight excluding hydrogens is 428 g/mol. The van der Waals surface area contributed by atoms with Gasteiger partial charge in [0.15, 0.2) is 10.8 Å². The van der Waals surface area contributed by atoms with E-state index in [2.05, 4.69) is 49.2 Å². The highest BCUT2D eigenvalue weighted by Crippen LogP contribution is 2.35. The average molecular weight is 453 g/mol. The zero-order valence-corrected chi connectivity index (χ0v) is 19.0. The van der Waals surface area contributed by atoms with E-state index in [-0.39, 0.29) is 5.91 Å². The lowest BCUT2D eigenvalue weighted by molar-refractivity contribution is -0.115. The first-order chi connectivity index (χ1) is 15.2. The standard InChI is InChI=1S/C22H24N6OS2/c1-14-13-18-24-27-22(28(18)17-10-6-5-9-16(14)17)30-12-11-19(29)23-21-26-25-20(31-21)15-7-3-2-4-8-15/h5-6,9-10,13,15H,2-4,7-8,11-12H2,1H3,(H,23,26,29). The van der Waals surface area contributed by atoms with Crippen LogP contribution in [0.1, 0.15) is 55.0 Å². The normalized spacial score (nSPS) is 15.0. The second kappa shape index (κ2) is 8.92. The highest BCUT2D eigenvalue weighted by Gasteiger charge is 2.20. The van der Waals surface area contributed by atoms with Crippen LogP contribution in [0, 0.1) is 6.92 Å². The molecule has 1 amide bonds. The van der Waals surface area contributed by atoms with Crippen LogP contribution < -0.4 is 5.32 Å². The van der Waals surface area contributed by atoms with E-state index in [4.69, 9.17) is 0 Å². The van der Waals surface area contributed by atoms with Crippen molar-refractivity contribution in [3.63, 3.8) is 0 Å². The van der Waals surface area contributed by atoms with E-state index in [0.717, 1.165) is 21.3 Å². The number of anilines is 1. The molecule has 0 aliphatic heterocycles. The molecule has 4 aromatic rings. The lowest BCUT2D eigenvalue weighted by atomic mass is 9.90. The fourth-order valence-corrected chi connectivity index (χ4v) is 6.00. The molecule has 1 aliphatic rings. The predicted molar refractivity (Wildman–Crippen MR) is 125 cm³/mol. The second-order valence-electron chi connectivity index (χ2n) is 7.95. The Morgan fingerprint density at radius 1 is 1.16 bits per heavy atom. The van der Waals surface area contributed by atoms with Crippen molar-refractivity contribution < 1.29 is 4.79 Å². The maximum absolute atomic E-state index is 12.4. The van der Waals surface area contributed by atoms with Gasteiger partial charge in [-0.05, 0) is 37.5 Å². The van der Waals surface area contributed by atoms with Gasteiger partial charge in [-0.3, -0.25) is 9.20 Å². The zero-order chi connectivity index (χ0) is 21.2. The van der Waals surface area contributed by atoms with E-state index in [1.54, 1.807) is 0 Å². The second-order valence-corrected chi connectivity index (χ2v) is 10.0. The van der Waals surface area contributed by atoms with Gasteiger partial charge in [-0.1, -0.05) is 60.6 Å². The number of fused-ring (bicyclic) bond motifs is 3. The molecule has 0 atom stereocenters. The SMILES string of the molecule is Cc1cc2nnc(SCCC(=O)Nc3nnc(C4CCCCC4)s3)n2c2ccccc12. The van der Waals surface area contributed by atoms with Crippen LogP contribution in [-0.2, 0) is 4.79 Å². The minimum atomic E-state index is -0.0478. The summed E-state index contributed by atoms with van der Waals surface area (Å²) < 4.78 is 2.06. The highest BCUT2D eigenvalue weighted by molar-refractivity contribution is 7.99. The molecule has 1 aliphatic carbocycles. The van der Waals surface area contributed by atoms with Gasteiger partial charge in [-0.2, -0.15) is 0 Å². The Labute approximate surface area is 188 Å². The number of pyridine rings is 1. The van der Waals surface area contributed by atoms with Crippen molar-refractivity contribution in [2.45, 2.75) is 56.5 Å². The molecule has 1 saturated carbocycles. The molecular formula is C22H24N6OS2. The van der Waals surface area contributed by atoms with Crippen LogP contribution in [0.3, 0.4) is 0 Å². The monoisotopic (exact) mass is 452 g/mol. The average Bonchev–Trinajstić information content (AvgIpc) is 3.42. The van der Waals surface area contributed by atoms with E-state index in [0.29, 0.717) is 23.2 Å². The molecule has 31 heavy (non-hydrogen) atoms. The third-order valence-corrected chi connectivity index (χ3v) is 7.71. The van der Waals surface area contributed by atoms with E-state index in [1.807, 2.05) is 18.2 Å². The minimum Gasteiger partial charge on any atom is -0.301 e. The summed E-state index contributed by atoms with van der Waals surface area (Å²) in [6.45, 7) is 2.08. The third kappa shape index (κ3) is 4.29. The van der Waals surface area contributed by atoms with E-state index in [1.165, 1.54) is 66.2 Å². The Morgan fingerprint density at radius 3 is 2.87 bits per heavy atom. The summed E-state index contributed by atoms with van der Waals surface area (Å²) in [6, 6.07) is 10.3. The van der Waals surface area contributed by atoms with Crippen molar-refractivity contribution in [3.05, 3.63) is 40.9 Å². The Morgan fingerprint density at radius 2 is 2.00 bits per heavy atom. The van der Waals surface area contributed by atoms with Gasteiger partial charge >= 0.3 is 0 Å². The molecule has 1 fully saturated rings. The number of hydrogen-bond donors (Lipinski definition) is 1. The van der Waals surface area contributed by atoms with Crippen LogP contribution in [0.5, 0.6) is 0 Å². The first kappa shape index (κ1) is 20.4. The summed E-state index contributed by atoms with van der Waals surface area (Å²) in [5.74, 6) is 1.07. The van der Waals surface area contributed by atoms with Crippen LogP contribution >= 0.6 is 23.1 Å². The lowest BCUT2D eigenvalue weighted by Crippen LogP contribution is -2.12. The highest BCUT2D eigenvalue weighted by atomic mass is 32.2. The number of benzene rings is 1. The van der Waals surface area contributed by atoms with Gasteiger partial charge in [0.05, 0.1) is 5.52 Å². The van der Waals surface area contributed by atoms with Gasteiger partial charge in [-0.25, -0.2) is 0 Å². The van der Waals surface area contributed by atoms with Gasteiger partial charge < -0.3 is 5.32 Å². The molecule has 0 unspecified atom stereocenters. The number of carbonyl (C=O) groups is 1. The predicted octanol–water partition coefficient (Wildman–Crippen LogP) is 5.21. The largest absolute Gasteiger partial charge is 0.301 e. The number of carbonyl (C=O) groups excluding carboxylic acids is 1. The summed E-state index contributed by atoms with van der Waals surface area (Å²) in [4.78, 5) is 12.4. The Kier molecular flexibility index (Phi) is 5.87. The van der Waals surface area contributed by atoms with Gasteiger partial charge in [0, 0.05) is 23.5 Å². The molecule has 0 bridgehead atoms. The van der Waals surface area contributed by atoms with Gasteiger partial charge in [-0.15, -0.1) is 20.4 Å². The summed E-state index contributed by atoms with van der Waals surface area (Å²) in [6.07, 6.45) is 6.57. The molecule has 7 nitrogen and oxygen atoms in total. The van der Waals surface area contributed by atoms with Crippen molar-refractivity contribution in [1.82, 2.24) is 24.8 Å². The Hall–Kier alpha value is -2.52. The number of nitrogens with one attached hydrogen (secondary N) is 1. The topological polar surface area (TPSA) is 85.1 Å². The van der Waals surface area contributed by atoms with Crippen LogP contribution in [0.25, 0.3) is 16.6 Å². The van der Waals surface area contributed by atoms with E-state index in [9.17, 15) is 4.79 Å². The molecule has 0 spiro atoms. The summed E-state index contributed by atoms with van der Waals surface area (Å²) in [7, 11) is 0. The van der Waals surface area contributed by atoms with Gasteiger partial charge in [0.1, 0.15) is 5.01 Å². The lowest BCUT2D eigenvalue weighted by Gasteiger charge is -2.18. The molecule has 160 valence electrons. The fraction of sp³-hybridized carbons (Fsp3) is 0.409. The van der Waals surface area contributed by atoms with Gasteiger partial charge in [0.2, 0.25) is 11.0 Å². The van der Waals surface area contributed by atoms with Crippen LogP contribution in [0.2, 0.25) is 0 Å². The molecule has 1 N–H and O–H groups in total. The number of thioether (sulfide) groups is 1. The maximum Gasteiger partial charge on any atom is 0.227 e. The smallest absolute Gasteiger partial charge is 0.227 e. The van der Waals surface area contributed by atoms with Crippen molar-refractivity contribution in [1.29, 1.82) is 0 Å². The van der Waals surface area contributed by atoms with Crippen molar-refractivity contribution in [2.75, 3.05) is 11.1 Å². The molecule has 0 radical (unpaired) electrons. The number of hydrogen-bond acceptors (Lipinski definition) is 7. The summed E-state index contributed by atoms with van der Waals surface area (Å²) >= 11 is 3.06. The Bertz CT molecular complexity index is 1230. The van der Waals surface area contributed by atoms with Crippen LogP contribution in [0.4, 0.5) is 5.13 Å². The third-order valence-electron chi connectivity index (χ3n) is 5.78. The van der Waals surface area contributed by atoms with E-state index >= 15 is 0 Å². The fourth-order valence-electron chi connectivity index (χ4n) is 4.18. The molecule has 3 heterocycles. The quantitative estimate of drug-likeness (QED) is 0.404. The molecule has 1 aromatic carbocycles. The molecule has 9 heteroatoms. The van der Waals surface area contributed by atoms with Crippen LogP contribution in [-0.4, -0.2) is 36.5 Å². The molecule has 0 saturated heterocycles. The Balaban J connectivity index is 1.21. The van der Waals surface area contributed by atoms with E-state index < -0.39 is 0 Å². The zero-order valence-electron chi connectivity index (χ0n) is 17.4. The number of aryl methyl sites for hydroxylation is 1. The number of para-hydroxylation sites is 1. The summed E-state index contributed by atoms with van der Waals surface area (Å²) in [5, 5.41) is 23.7. The number of nitrogens with zero attached hydrogens (tertiary/aromatic N) is 5. The maximum atomic E-state index is 12.4. The molecule has 3 aromatic heterocycles. The minimum absolute atomic E-state index is 0.0478. The number of rotatable bonds is 6. The van der Waals surface area contributed by atoms with Gasteiger partial charge in [0.25, 0.3) is 0 Å². The summed E-state index contributed by atoms with van der Waals surface area (Å²) in [5.41, 5.74) is 3.09. The van der Waals surface area contributed by atoms with Crippen molar-refractivity contribution >= 4 is 50.7 Å². The number of amides is 1. The van der Waals surface area contributed by atoms with Crippen molar-refractivity contribution in [3.8, 4) is 0 Å². The van der Waals surface area contributed by atoms with Crippen LogP contribution in [0.15, 0.2) is 35.5 Å². The first-order valence-electron chi connectivity index (χ1n) is 10.7. The number of aromatic nitrogens is 5. The first-order valence-corrected chi connectivity index (χ1v) is 12.5.